The third-order valence-electron chi connectivity index (χ3n) is 6.68. The Bertz CT molecular complexity index is 1200. The average molecular weight is 467 g/mol. The van der Waals surface area contributed by atoms with Crippen molar-refractivity contribution < 1.29 is 13.2 Å². The van der Waals surface area contributed by atoms with Crippen molar-refractivity contribution in [3.63, 3.8) is 0 Å². The van der Waals surface area contributed by atoms with Gasteiger partial charge in [-0.25, -0.2) is 18.1 Å². The van der Waals surface area contributed by atoms with Crippen LogP contribution in [0.25, 0.3) is 0 Å². The van der Waals surface area contributed by atoms with E-state index in [0.29, 0.717) is 18.6 Å². The van der Waals surface area contributed by atoms with E-state index in [0.717, 1.165) is 36.4 Å². The first kappa shape index (κ1) is 22.1. The highest BCUT2D eigenvalue weighted by molar-refractivity contribution is 7.89. The maximum absolute atomic E-state index is 12.6. The van der Waals surface area contributed by atoms with E-state index < -0.39 is 10.0 Å². The molecular weight excluding hydrogens is 436 g/mol. The lowest BCUT2D eigenvalue weighted by molar-refractivity contribution is 0.116. The summed E-state index contributed by atoms with van der Waals surface area (Å²) in [4.78, 5) is 6.53. The van der Waals surface area contributed by atoms with E-state index in [1.54, 1.807) is 11.6 Å². The van der Waals surface area contributed by atoms with E-state index in [2.05, 4.69) is 44.9 Å². The van der Waals surface area contributed by atoms with Crippen molar-refractivity contribution in [1.29, 1.82) is 0 Å². The molecule has 8 heteroatoms. The van der Waals surface area contributed by atoms with Crippen LogP contribution in [-0.4, -0.2) is 48.6 Å². The minimum absolute atomic E-state index is 0.0299. The standard InChI is InChI=1S/C25H30N4O3S/c1-28-16-25(26-18-28)33(30,31)27-15-20-9-10-24-22(14-20)21(13-19-7-3-2-4-8-19)23(17-32-24)29-11-5-6-12-29/h2-4,7-10,14,16,18,21,23,27H,5-6,11-13,15,17H2,1H3. The van der Waals surface area contributed by atoms with Crippen LogP contribution in [-0.2, 0) is 30.0 Å². The van der Waals surface area contributed by atoms with Crippen LogP contribution >= 0.6 is 0 Å². The molecule has 3 aromatic rings. The van der Waals surface area contributed by atoms with Crippen molar-refractivity contribution in [2.45, 2.75) is 42.8 Å². The third kappa shape index (κ3) is 4.83. The molecule has 174 valence electrons. The molecule has 5 rings (SSSR count). The van der Waals surface area contributed by atoms with Crippen molar-refractivity contribution in [2.75, 3.05) is 19.7 Å². The van der Waals surface area contributed by atoms with Gasteiger partial charge in [0.1, 0.15) is 12.4 Å². The summed E-state index contributed by atoms with van der Waals surface area (Å²) in [6, 6.07) is 16.9. The number of likely N-dealkylation sites (tertiary alicyclic amines) is 1. The molecule has 1 saturated heterocycles. The van der Waals surface area contributed by atoms with Crippen molar-refractivity contribution in [1.82, 2.24) is 19.2 Å². The van der Waals surface area contributed by atoms with Crippen molar-refractivity contribution >= 4 is 10.0 Å². The molecular formula is C25H30N4O3S. The summed E-state index contributed by atoms with van der Waals surface area (Å²) in [5, 5.41) is 0.0299. The zero-order chi connectivity index (χ0) is 22.8. The number of nitrogens with zero attached hydrogens (tertiary/aromatic N) is 3. The molecule has 2 aliphatic heterocycles. The normalized spacial score (nSPS) is 21.0. The summed E-state index contributed by atoms with van der Waals surface area (Å²) >= 11 is 0. The number of nitrogens with one attached hydrogen (secondary N) is 1. The second-order valence-corrected chi connectivity index (χ2v) is 10.7. The molecule has 0 radical (unpaired) electrons. The SMILES string of the molecule is Cn1cnc(S(=O)(=O)NCc2ccc3c(c2)C(Cc2ccccc2)C(N2CCCC2)CO3)c1. The van der Waals surface area contributed by atoms with Crippen LogP contribution in [0.15, 0.2) is 66.1 Å². The number of benzene rings is 2. The molecule has 0 spiro atoms. The van der Waals surface area contributed by atoms with Crippen LogP contribution in [0.5, 0.6) is 5.75 Å². The molecule has 2 aromatic carbocycles. The van der Waals surface area contributed by atoms with Gasteiger partial charge in [0.25, 0.3) is 10.0 Å². The molecule has 2 unspecified atom stereocenters. The first-order chi connectivity index (χ1) is 16.0. The number of fused-ring (bicyclic) bond motifs is 1. The molecule has 0 aliphatic carbocycles. The van der Waals surface area contributed by atoms with Crippen LogP contribution < -0.4 is 9.46 Å². The van der Waals surface area contributed by atoms with Gasteiger partial charge in [-0.3, -0.25) is 4.90 Å². The molecule has 0 saturated carbocycles. The van der Waals surface area contributed by atoms with Crippen LogP contribution in [0, 0.1) is 0 Å². The number of aromatic nitrogens is 2. The molecule has 0 amide bonds. The Morgan fingerprint density at radius 3 is 2.61 bits per heavy atom. The van der Waals surface area contributed by atoms with Gasteiger partial charge in [-0.15, -0.1) is 0 Å². The van der Waals surface area contributed by atoms with E-state index >= 15 is 0 Å². The number of sulfonamides is 1. The van der Waals surface area contributed by atoms with Gasteiger partial charge >= 0.3 is 0 Å². The maximum Gasteiger partial charge on any atom is 0.259 e. The molecule has 1 aromatic heterocycles. The molecule has 1 fully saturated rings. The fourth-order valence-corrected chi connectivity index (χ4v) is 5.95. The van der Waals surface area contributed by atoms with Crippen LogP contribution in [0.1, 0.15) is 35.4 Å². The lowest BCUT2D eigenvalue weighted by Gasteiger charge is -2.39. The third-order valence-corrected chi connectivity index (χ3v) is 7.96. The van der Waals surface area contributed by atoms with Crippen LogP contribution in [0.3, 0.4) is 0 Å². The second-order valence-electron chi connectivity index (χ2n) is 8.99. The largest absolute Gasteiger partial charge is 0.492 e. The Hall–Kier alpha value is -2.68. The Morgan fingerprint density at radius 2 is 1.88 bits per heavy atom. The highest BCUT2D eigenvalue weighted by atomic mass is 32.2. The van der Waals surface area contributed by atoms with Gasteiger partial charge in [-0.2, -0.15) is 0 Å². The van der Waals surface area contributed by atoms with Gasteiger partial charge in [-0.1, -0.05) is 42.5 Å². The number of imidazole rings is 1. The summed E-state index contributed by atoms with van der Waals surface area (Å²) in [6.45, 7) is 3.12. The van der Waals surface area contributed by atoms with Gasteiger partial charge in [-0.05, 0) is 55.1 Å². The first-order valence-corrected chi connectivity index (χ1v) is 13.0. The lowest BCUT2D eigenvalue weighted by Crippen LogP contribution is -2.45. The van der Waals surface area contributed by atoms with Gasteiger partial charge in [0.05, 0.1) is 12.4 Å². The molecule has 1 N–H and O–H groups in total. The predicted molar refractivity (Wildman–Crippen MR) is 127 cm³/mol. The van der Waals surface area contributed by atoms with E-state index in [4.69, 9.17) is 4.74 Å². The zero-order valence-corrected chi connectivity index (χ0v) is 19.7. The summed E-state index contributed by atoms with van der Waals surface area (Å²) in [7, 11) is -1.92. The number of hydrogen-bond donors (Lipinski definition) is 1. The Labute approximate surface area is 195 Å². The smallest absolute Gasteiger partial charge is 0.259 e. The Kier molecular flexibility index (Phi) is 6.23. The summed E-state index contributed by atoms with van der Waals surface area (Å²) < 4.78 is 35.7. The molecule has 2 atom stereocenters. The average Bonchev–Trinajstić information content (AvgIpc) is 3.51. The Balaban J connectivity index is 1.41. The monoisotopic (exact) mass is 466 g/mol. The number of rotatable bonds is 7. The minimum Gasteiger partial charge on any atom is -0.492 e. The van der Waals surface area contributed by atoms with Crippen molar-refractivity contribution in [3.8, 4) is 5.75 Å². The van der Waals surface area contributed by atoms with Crippen molar-refractivity contribution in [3.05, 3.63) is 77.7 Å². The fraction of sp³-hybridized carbons (Fsp3) is 0.400. The lowest BCUT2D eigenvalue weighted by atomic mass is 9.82. The molecule has 33 heavy (non-hydrogen) atoms. The molecule has 0 bridgehead atoms. The maximum atomic E-state index is 12.6. The van der Waals surface area contributed by atoms with Crippen molar-refractivity contribution in [2.24, 2.45) is 7.05 Å². The van der Waals surface area contributed by atoms with Crippen LogP contribution in [0.4, 0.5) is 0 Å². The molecule has 3 heterocycles. The van der Waals surface area contributed by atoms with E-state index in [9.17, 15) is 8.42 Å². The summed E-state index contributed by atoms with van der Waals surface area (Å²) in [6.07, 6.45) is 6.38. The van der Waals surface area contributed by atoms with Gasteiger partial charge in [0, 0.05) is 25.7 Å². The first-order valence-electron chi connectivity index (χ1n) is 11.5. The van der Waals surface area contributed by atoms with Gasteiger partial charge in [0.2, 0.25) is 0 Å². The van der Waals surface area contributed by atoms with E-state index in [1.807, 2.05) is 18.2 Å². The Morgan fingerprint density at radius 1 is 1.09 bits per heavy atom. The number of hydrogen-bond acceptors (Lipinski definition) is 5. The molecule has 2 aliphatic rings. The topological polar surface area (TPSA) is 76.5 Å². The number of aryl methyl sites for hydroxylation is 1. The summed E-state index contributed by atoms with van der Waals surface area (Å²) in [5.74, 6) is 1.20. The predicted octanol–water partition coefficient (Wildman–Crippen LogP) is 3.08. The fourth-order valence-electron chi connectivity index (χ4n) is 4.95. The second kappa shape index (κ2) is 9.29. The minimum atomic E-state index is -3.67. The van der Waals surface area contributed by atoms with Gasteiger partial charge < -0.3 is 9.30 Å². The van der Waals surface area contributed by atoms with Gasteiger partial charge in [0.15, 0.2) is 5.03 Å². The highest BCUT2D eigenvalue weighted by Gasteiger charge is 2.36. The number of ether oxygens (including phenoxy) is 1. The zero-order valence-electron chi connectivity index (χ0n) is 18.9. The summed E-state index contributed by atoms with van der Waals surface area (Å²) in [5.41, 5.74) is 3.38. The van der Waals surface area contributed by atoms with E-state index in [1.165, 1.54) is 30.9 Å². The molecule has 7 nitrogen and oxygen atoms in total. The van der Waals surface area contributed by atoms with E-state index in [-0.39, 0.29) is 11.6 Å². The van der Waals surface area contributed by atoms with Crippen LogP contribution in [0.2, 0.25) is 0 Å². The quantitative estimate of drug-likeness (QED) is 0.579. The highest BCUT2D eigenvalue weighted by Crippen LogP contribution is 2.39.